The third-order valence-electron chi connectivity index (χ3n) is 4.72. The molecule has 1 N–H and O–H groups in total. The highest BCUT2D eigenvalue weighted by Crippen LogP contribution is 2.36. The van der Waals surface area contributed by atoms with E-state index in [0.29, 0.717) is 22.9 Å². The number of hydrogen-bond donors (Lipinski definition) is 1. The number of benzene rings is 3. The maximum Gasteiger partial charge on any atom is 0.264 e. The molecule has 8 heteroatoms. The van der Waals surface area contributed by atoms with Gasteiger partial charge in [0.15, 0.2) is 6.61 Å². The summed E-state index contributed by atoms with van der Waals surface area (Å²) in [6.07, 6.45) is -0.271. The number of para-hydroxylation sites is 3. The maximum atomic E-state index is 13.3. The van der Waals surface area contributed by atoms with Gasteiger partial charge in [-0.1, -0.05) is 30.3 Å². The molecule has 0 radical (unpaired) electrons. The van der Waals surface area contributed by atoms with Crippen LogP contribution in [-0.2, 0) is 14.8 Å². The summed E-state index contributed by atoms with van der Waals surface area (Å²) in [7, 11) is -3.78. The predicted octanol–water partition coefficient (Wildman–Crippen LogP) is 3.68. The fraction of sp³-hybridized carbons (Fsp3) is 0.174. The first-order chi connectivity index (χ1) is 14.9. The molecule has 160 valence electrons. The number of anilines is 2. The van der Waals surface area contributed by atoms with Crippen LogP contribution in [0.1, 0.15) is 6.92 Å². The summed E-state index contributed by atoms with van der Waals surface area (Å²) < 4.78 is 39.0. The highest BCUT2D eigenvalue weighted by atomic mass is 32.2. The second kappa shape index (κ2) is 8.69. The number of nitrogens with zero attached hydrogens (tertiary/aromatic N) is 1. The van der Waals surface area contributed by atoms with Crippen molar-refractivity contribution < 1.29 is 22.7 Å². The van der Waals surface area contributed by atoms with Gasteiger partial charge in [0, 0.05) is 5.69 Å². The number of carbonyl (C=O) groups excluding carboxylic acids is 1. The summed E-state index contributed by atoms with van der Waals surface area (Å²) in [5, 5.41) is 2.70. The Labute approximate surface area is 181 Å². The van der Waals surface area contributed by atoms with Gasteiger partial charge in [-0.15, -0.1) is 0 Å². The van der Waals surface area contributed by atoms with Crippen LogP contribution in [0.15, 0.2) is 83.8 Å². The van der Waals surface area contributed by atoms with Crippen molar-refractivity contribution in [1.82, 2.24) is 0 Å². The van der Waals surface area contributed by atoms with Gasteiger partial charge >= 0.3 is 0 Å². The van der Waals surface area contributed by atoms with Gasteiger partial charge in [0.25, 0.3) is 15.9 Å². The zero-order valence-corrected chi connectivity index (χ0v) is 17.7. The van der Waals surface area contributed by atoms with E-state index in [2.05, 4.69) is 5.32 Å². The number of amides is 1. The van der Waals surface area contributed by atoms with Crippen molar-refractivity contribution in [3.8, 4) is 11.5 Å². The molecule has 0 unspecified atom stereocenters. The van der Waals surface area contributed by atoms with Crippen LogP contribution >= 0.6 is 0 Å². The minimum Gasteiger partial charge on any atom is -0.487 e. The minimum atomic E-state index is -3.78. The zero-order chi connectivity index (χ0) is 21.8. The van der Waals surface area contributed by atoms with Crippen LogP contribution in [0.5, 0.6) is 11.5 Å². The Hall–Kier alpha value is -3.52. The van der Waals surface area contributed by atoms with E-state index in [1.807, 2.05) is 25.1 Å². The average molecular weight is 439 g/mol. The highest BCUT2D eigenvalue weighted by molar-refractivity contribution is 7.92. The molecule has 0 spiro atoms. The number of fused-ring (bicyclic) bond motifs is 1. The second-order valence-electron chi connectivity index (χ2n) is 7.11. The van der Waals surface area contributed by atoms with E-state index in [1.165, 1.54) is 16.4 Å². The van der Waals surface area contributed by atoms with Gasteiger partial charge < -0.3 is 14.8 Å². The number of hydrogen-bond acceptors (Lipinski definition) is 5. The van der Waals surface area contributed by atoms with Crippen LogP contribution in [0, 0.1) is 0 Å². The molecule has 1 heterocycles. The molecule has 4 rings (SSSR count). The summed E-state index contributed by atoms with van der Waals surface area (Å²) >= 11 is 0. The van der Waals surface area contributed by atoms with E-state index in [9.17, 15) is 13.2 Å². The van der Waals surface area contributed by atoms with E-state index in [0.717, 1.165) is 0 Å². The Morgan fingerprint density at radius 1 is 1.03 bits per heavy atom. The van der Waals surface area contributed by atoms with Crippen LogP contribution < -0.4 is 19.1 Å². The SMILES string of the molecule is C[C@H]1CN(S(=O)(=O)c2ccc(NC(=O)COc3ccccc3)cc2)c2ccccc2O1. The van der Waals surface area contributed by atoms with Gasteiger partial charge in [-0.05, 0) is 55.5 Å². The lowest BCUT2D eigenvalue weighted by atomic mass is 10.2. The Kier molecular flexibility index (Phi) is 5.81. The summed E-state index contributed by atoms with van der Waals surface area (Å²) in [6, 6.07) is 22.2. The van der Waals surface area contributed by atoms with E-state index < -0.39 is 10.0 Å². The van der Waals surface area contributed by atoms with E-state index in [4.69, 9.17) is 9.47 Å². The lowest BCUT2D eigenvalue weighted by Crippen LogP contribution is -2.42. The van der Waals surface area contributed by atoms with Crippen LogP contribution in [-0.4, -0.2) is 33.6 Å². The monoisotopic (exact) mass is 438 g/mol. The number of carbonyl (C=O) groups is 1. The molecule has 0 fully saturated rings. The molecule has 1 amide bonds. The van der Waals surface area contributed by atoms with E-state index in [-0.39, 0.29) is 30.1 Å². The van der Waals surface area contributed by atoms with Gasteiger partial charge in [0.1, 0.15) is 17.6 Å². The predicted molar refractivity (Wildman–Crippen MR) is 118 cm³/mol. The maximum absolute atomic E-state index is 13.3. The van der Waals surface area contributed by atoms with Crippen LogP contribution in [0.4, 0.5) is 11.4 Å². The van der Waals surface area contributed by atoms with Crippen molar-refractivity contribution in [3.05, 3.63) is 78.9 Å². The number of sulfonamides is 1. The van der Waals surface area contributed by atoms with Gasteiger partial charge in [-0.25, -0.2) is 8.42 Å². The van der Waals surface area contributed by atoms with Crippen molar-refractivity contribution in [3.63, 3.8) is 0 Å². The molecular weight excluding hydrogens is 416 g/mol. The summed E-state index contributed by atoms with van der Waals surface area (Å²) in [4.78, 5) is 12.2. The van der Waals surface area contributed by atoms with Crippen molar-refractivity contribution >= 4 is 27.3 Å². The average Bonchev–Trinajstić information content (AvgIpc) is 2.78. The first-order valence-electron chi connectivity index (χ1n) is 9.80. The number of nitrogens with one attached hydrogen (secondary N) is 1. The number of rotatable bonds is 6. The van der Waals surface area contributed by atoms with Crippen LogP contribution in [0.3, 0.4) is 0 Å². The van der Waals surface area contributed by atoms with Crippen molar-refractivity contribution in [2.24, 2.45) is 0 Å². The first kappa shape index (κ1) is 20.7. The van der Waals surface area contributed by atoms with Gasteiger partial charge in [-0.3, -0.25) is 9.10 Å². The summed E-state index contributed by atoms with van der Waals surface area (Å²) in [5.74, 6) is 0.793. The molecule has 7 nitrogen and oxygen atoms in total. The third-order valence-corrected chi connectivity index (χ3v) is 6.52. The zero-order valence-electron chi connectivity index (χ0n) is 16.9. The third kappa shape index (κ3) is 4.64. The molecule has 0 aromatic heterocycles. The Balaban J connectivity index is 1.46. The Morgan fingerprint density at radius 3 is 2.45 bits per heavy atom. The quantitative estimate of drug-likeness (QED) is 0.635. The van der Waals surface area contributed by atoms with Gasteiger partial charge in [0.05, 0.1) is 17.1 Å². The molecule has 3 aromatic carbocycles. The lowest BCUT2D eigenvalue weighted by molar-refractivity contribution is -0.118. The van der Waals surface area contributed by atoms with E-state index in [1.54, 1.807) is 48.5 Å². The molecule has 31 heavy (non-hydrogen) atoms. The normalized spacial score (nSPS) is 15.5. The van der Waals surface area contributed by atoms with Crippen LogP contribution in [0.25, 0.3) is 0 Å². The summed E-state index contributed by atoms with van der Waals surface area (Å²) in [5.41, 5.74) is 0.993. The second-order valence-corrected chi connectivity index (χ2v) is 8.97. The molecule has 1 aliphatic rings. The van der Waals surface area contributed by atoms with Crippen molar-refractivity contribution in [2.45, 2.75) is 17.9 Å². The molecule has 1 atom stereocenters. The van der Waals surface area contributed by atoms with Crippen LogP contribution in [0.2, 0.25) is 0 Å². The standard InChI is InChI=1S/C23H22N2O5S/c1-17-15-25(21-9-5-6-10-22(21)30-17)31(27,28)20-13-11-18(12-14-20)24-23(26)16-29-19-7-3-2-4-8-19/h2-14,17H,15-16H2,1H3,(H,24,26)/t17-/m0/s1. The minimum absolute atomic E-state index is 0.134. The highest BCUT2D eigenvalue weighted by Gasteiger charge is 2.32. The van der Waals surface area contributed by atoms with Crippen molar-refractivity contribution in [1.29, 1.82) is 0 Å². The van der Waals surface area contributed by atoms with Gasteiger partial charge in [0.2, 0.25) is 0 Å². The van der Waals surface area contributed by atoms with E-state index >= 15 is 0 Å². The van der Waals surface area contributed by atoms with Gasteiger partial charge in [-0.2, -0.15) is 0 Å². The molecule has 0 bridgehead atoms. The molecule has 3 aromatic rings. The topological polar surface area (TPSA) is 84.9 Å². The fourth-order valence-electron chi connectivity index (χ4n) is 3.28. The molecule has 1 aliphatic heterocycles. The Bertz CT molecular complexity index is 1160. The molecule has 0 aliphatic carbocycles. The Morgan fingerprint density at radius 2 is 1.71 bits per heavy atom. The first-order valence-corrected chi connectivity index (χ1v) is 11.2. The smallest absolute Gasteiger partial charge is 0.264 e. The largest absolute Gasteiger partial charge is 0.487 e. The molecule has 0 saturated heterocycles. The molecule has 0 saturated carbocycles. The lowest BCUT2D eigenvalue weighted by Gasteiger charge is -2.34. The summed E-state index contributed by atoms with van der Waals surface area (Å²) in [6.45, 7) is 1.90. The molecular formula is C23H22N2O5S. The van der Waals surface area contributed by atoms with Crippen molar-refractivity contribution in [2.75, 3.05) is 22.8 Å². The fourth-order valence-corrected chi connectivity index (χ4v) is 4.83. The number of ether oxygens (including phenoxy) is 2.